The molecule has 4 nitrogen and oxygen atoms in total. The van der Waals surface area contributed by atoms with E-state index in [-0.39, 0.29) is 6.04 Å². The van der Waals surface area contributed by atoms with Crippen molar-refractivity contribution in [3.8, 4) is 0 Å². The van der Waals surface area contributed by atoms with Crippen LogP contribution in [0.25, 0.3) is 0 Å². The van der Waals surface area contributed by atoms with Crippen molar-refractivity contribution in [2.24, 2.45) is 0 Å². The van der Waals surface area contributed by atoms with Gasteiger partial charge < -0.3 is 5.32 Å². The molecule has 1 N–H and O–H groups in total. The van der Waals surface area contributed by atoms with Gasteiger partial charge in [-0.05, 0) is 20.3 Å². The molecule has 1 heterocycles. The standard InChI is InChI=1S/C11H19N3OS/c1-9(4-7-16(3)15)14-10(2)11-8-12-5-6-13-11/h5-6,8-10,14H,4,7H2,1-3H3. The minimum Gasteiger partial charge on any atom is -0.306 e. The minimum absolute atomic E-state index is 0.175. The van der Waals surface area contributed by atoms with Crippen LogP contribution >= 0.6 is 0 Å². The fourth-order valence-electron chi connectivity index (χ4n) is 1.47. The van der Waals surface area contributed by atoms with Gasteiger partial charge in [-0.3, -0.25) is 14.2 Å². The monoisotopic (exact) mass is 241 g/mol. The first kappa shape index (κ1) is 13.3. The average molecular weight is 241 g/mol. The van der Waals surface area contributed by atoms with Gasteiger partial charge in [0.25, 0.3) is 0 Å². The highest BCUT2D eigenvalue weighted by atomic mass is 32.2. The lowest BCUT2D eigenvalue weighted by Crippen LogP contribution is -2.30. The summed E-state index contributed by atoms with van der Waals surface area (Å²) in [6.45, 7) is 4.16. The van der Waals surface area contributed by atoms with Crippen LogP contribution in [-0.2, 0) is 10.8 Å². The second-order valence-corrected chi connectivity index (χ2v) is 5.54. The van der Waals surface area contributed by atoms with Crippen molar-refractivity contribution in [3.05, 3.63) is 24.3 Å². The highest BCUT2D eigenvalue weighted by Crippen LogP contribution is 2.08. The van der Waals surface area contributed by atoms with Crippen LogP contribution < -0.4 is 5.32 Å². The summed E-state index contributed by atoms with van der Waals surface area (Å²) in [5.74, 6) is 0.737. The molecule has 1 rings (SSSR count). The largest absolute Gasteiger partial charge is 0.306 e. The van der Waals surface area contributed by atoms with E-state index in [9.17, 15) is 4.21 Å². The lowest BCUT2D eigenvalue weighted by Gasteiger charge is -2.18. The van der Waals surface area contributed by atoms with E-state index in [0.29, 0.717) is 6.04 Å². The molecule has 90 valence electrons. The van der Waals surface area contributed by atoms with Gasteiger partial charge in [-0.25, -0.2) is 0 Å². The quantitative estimate of drug-likeness (QED) is 0.815. The van der Waals surface area contributed by atoms with Crippen LogP contribution in [0.15, 0.2) is 18.6 Å². The van der Waals surface area contributed by atoms with Gasteiger partial charge in [0.1, 0.15) is 0 Å². The SMILES string of the molecule is CC(CCS(C)=O)NC(C)c1cnccn1. The molecule has 0 bridgehead atoms. The third kappa shape index (κ3) is 4.81. The van der Waals surface area contributed by atoms with Crippen LogP contribution in [0.5, 0.6) is 0 Å². The summed E-state index contributed by atoms with van der Waals surface area (Å²) in [6.07, 6.45) is 7.77. The predicted molar refractivity (Wildman–Crippen MR) is 66.6 cm³/mol. The van der Waals surface area contributed by atoms with E-state index < -0.39 is 10.8 Å². The molecular weight excluding hydrogens is 222 g/mol. The second kappa shape index (κ2) is 6.70. The molecule has 16 heavy (non-hydrogen) atoms. The zero-order chi connectivity index (χ0) is 12.0. The van der Waals surface area contributed by atoms with Gasteiger partial charge >= 0.3 is 0 Å². The molecule has 0 aromatic carbocycles. The summed E-state index contributed by atoms with van der Waals surface area (Å²) < 4.78 is 11.0. The van der Waals surface area contributed by atoms with Crippen LogP contribution in [0.3, 0.4) is 0 Å². The maximum absolute atomic E-state index is 11.0. The van der Waals surface area contributed by atoms with Crippen molar-refractivity contribution in [2.45, 2.75) is 32.4 Å². The van der Waals surface area contributed by atoms with E-state index in [4.69, 9.17) is 0 Å². The van der Waals surface area contributed by atoms with Gasteiger partial charge in [0.2, 0.25) is 0 Å². The molecule has 0 fully saturated rings. The van der Waals surface area contributed by atoms with E-state index in [1.54, 1.807) is 24.8 Å². The van der Waals surface area contributed by atoms with Crippen LogP contribution in [0.2, 0.25) is 0 Å². The van der Waals surface area contributed by atoms with E-state index in [1.165, 1.54) is 0 Å². The summed E-state index contributed by atoms with van der Waals surface area (Å²) in [5.41, 5.74) is 0.937. The first-order valence-electron chi connectivity index (χ1n) is 5.41. The fourth-order valence-corrected chi connectivity index (χ4v) is 2.16. The Hall–Kier alpha value is -0.810. The number of hydrogen-bond donors (Lipinski definition) is 1. The van der Waals surface area contributed by atoms with Crippen LogP contribution in [-0.4, -0.2) is 32.2 Å². The summed E-state index contributed by atoms with van der Waals surface area (Å²) in [6, 6.07) is 0.509. The molecule has 0 aliphatic heterocycles. The van der Waals surface area contributed by atoms with E-state index >= 15 is 0 Å². The maximum Gasteiger partial charge on any atom is 0.0753 e. The molecule has 0 saturated heterocycles. The van der Waals surface area contributed by atoms with Gasteiger partial charge in [-0.2, -0.15) is 0 Å². The van der Waals surface area contributed by atoms with Crippen molar-refractivity contribution in [3.63, 3.8) is 0 Å². The fraction of sp³-hybridized carbons (Fsp3) is 0.636. The predicted octanol–water partition coefficient (Wildman–Crippen LogP) is 1.28. The van der Waals surface area contributed by atoms with E-state index in [1.807, 2.05) is 0 Å². The van der Waals surface area contributed by atoms with Crippen molar-refractivity contribution >= 4 is 10.8 Å². The first-order chi connectivity index (χ1) is 7.59. The van der Waals surface area contributed by atoms with Gasteiger partial charge in [0.15, 0.2) is 0 Å². The molecule has 5 heteroatoms. The molecule has 1 aromatic rings. The molecule has 0 aliphatic carbocycles. The first-order valence-corrected chi connectivity index (χ1v) is 7.14. The van der Waals surface area contributed by atoms with Crippen molar-refractivity contribution in [1.82, 2.24) is 15.3 Å². The summed E-state index contributed by atoms with van der Waals surface area (Å²) in [4.78, 5) is 8.28. The van der Waals surface area contributed by atoms with Crippen molar-refractivity contribution < 1.29 is 4.21 Å². The zero-order valence-corrected chi connectivity index (χ0v) is 10.8. The second-order valence-electron chi connectivity index (χ2n) is 3.99. The van der Waals surface area contributed by atoms with Gasteiger partial charge in [-0.1, -0.05) is 0 Å². The Balaban J connectivity index is 2.39. The minimum atomic E-state index is -0.713. The lowest BCUT2D eigenvalue weighted by molar-refractivity contribution is 0.462. The Morgan fingerprint density at radius 2 is 2.19 bits per heavy atom. The molecule has 0 spiro atoms. The van der Waals surface area contributed by atoms with Gasteiger partial charge in [0.05, 0.1) is 5.69 Å². The van der Waals surface area contributed by atoms with Crippen LogP contribution in [0, 0.1) is 0 Å². The highest BCUT2D eigenvalue weighted by Gasteiger charge is 2.10. The molecule has 0 saturated carbocycles. The Bertz CT molecular complexity index is 331. The van der Waals surface area contributed by atoms with Gasteiger partial charge in [0, 0.05) is 53.5 Å². The number of aromatic nitrogens is 2. The third-order valence-corrected chi connectivity index (χ3v) is 3.21. The number of hydrogen-bond acceptors (Lipinski definition) is 4. The normalized spacial score (nSPS) is 16.7. The maximum atomic E-state index is 11.0. The molecular formula is C11H19N3OS. The molecule has 1 aromatic heterocycles. The third-order valence-electron chi connectivity index (χ3n) is 2.40. The molecule has 0 radical (unpaired) electrons. The van der Waals surface area contributed by atoms with Crippen molar-refractivity contribution in [1.29, 1.82) is 0 Å². The number of rotatable bonds is 6. The molecule has 3 atom stereocenters. The molecule has 0 amide bonds. The average Bonchev–Trinajstić information content (AvgIpc) is 2.27. The highest BCUT2D eigenvalue weighted by molar-refractivity contribution is 7.84. The molecule has 0 aliphatic rings. The number of nitrogens with zero attached hydrogens (tertiary/aromatic N) is 2. The van der Waals surface area contributed by atoms with Crippen LogP contribution in [0.1, 0.15) is 32.0 Å². The summed E-state index contributed by atoms with van der Waals surface area (Å²) in [5, 5.41) is 3.41. The van der Waals surface area contributed by atoms with Crippen LogP contribution in [0.4, 0.5) is 0 Å². The topological polar surface area (TPSA) is 54.9 Å². The summed E-state index contributed by atoms with van der Waals surface area (Å²) in [7, 11) is -0.713. The lowest BCUT2D eigenvalue weighted by atomic mass is 10.2. The number of nitrogens with one attached hydrogen (secondary N) is 1. The molecule has 3 unspecified atom stereocenters. The van der Waals surface area contributed by atoms with E-state index in [2.05, 4.69) is 29.1 Å². The Morgan fingerprint density at radius 1 is 1.44 bits per heavy atom. The Kier molecular flexibility index (Phi) is 5.55. The van der Waals surface area contributed by atoms with Crippen molar-refractivity contribution in [2.75, 3.05) is 12.0 Å². The van der Waals surface area contributed by atoms with E-state index in [0.717, 1.165) is 17.9 Å². The van der Waals surface area contributed by atoms with Gasteiger partial charge in [-0.15, -0.1) is 0 Å². The smallest absolute Gasteiger partial charge is 0.0753 e. The zero-order valence-electron chi connectivity index (χ0n) is 10.0. The summed E-state index contributed by atoms with van der Waals surface area (Å²) >= 11 is 0. The Labute approximate surface area is 99.3 Å². The Morgan fingerprint density at radius 3 is 2.75 bits per heavy atom.